The van der Waals surface area contributed by atoms with E-state index < -0.39 is 0 Å². The first kappa shape index (κ1) is 19.4. The number of nitrogens with zero attached hydrogens (tertiary/aromatic N) is 1. The van der Waals surface area contributed by atoms with Crippen molar-refractivity contribution in [3.63, 3.8) is 0 Å². The molecular formula is C22H14Cl4N2. The summed E-state index contributed by atoms with van der Waals surface area (Å²) in [5, 5.41) is 1.97. The third-order valence-electron chi connectivity index (χ3n) is 4.37. The molecule has 0 aliphatic heterocycles. The van der Waals surface area contributed by atoms with Gasteiger partial charge >= 0.3 is 0 Å². The van der Waals surface area contributed by atoms with Crippen molar-refractivity contribution in [3.05, 3.63) is 98.2 Å². The summed E-state index contributed by atoms with van der Waals surface area (Å²) in [6, 6.07) is 21.1. The van der Waals surface area contributed by atoms with Crippen LogP contribution in [0, 0.1) is 0 Å². The van der Waals surface area contributed by atoms with Crippen molar-refractivity contribution < 1.29 is 0 Å². The number of aromatic amines is 1. The van der Waals surface area contributed by atoms with Gasteiger partial charge in [0.15, 0.2) is 0 Å². The highest BCUT2D eigenvalue weighted by molar-refractivity contribution is 6.42. The Labute approximate surface area is 183 Å². The molecule has 0 spiro atoms. The van der Waals surface area contributed by atoms with Gasteiger partial charge in [-0.25, -0.2) is 4.98 Å². The first-order chi connectivity index (χ1) is 13.5. The van der Waals surface area contributed by atoms with Crippen LogP contribution in [-0.4, -0.2) is 9.97 Å². The normalized spacial score (nSPS) is 11.0. The first-order valence-corrected chi connectivity index (χ1v) is 10.1. The molecule has 0 bridgehead atoms. The number of nitrogens with one attached hydrogen (secondary N) is 1. The molecule has 4 rings (SSSR count). The van der Waals surface area contributed by atoms with Gasteiger partial charge in [-0.3, -0.25) is 0 Å². The number of H-pyrrole nitrogens is 1. The highest BCUT2D eigenvalue weighted by Gasteiger charge is 2.16. The van der Waals surface area contributed by atoms with Crippen LogP contribution in [0.3, 0.4) is 0 Å². The lowest BCUT2D eigenvalue weighted by Crippen LogP contribution is -1.90. The lowest BCUT2D eigenvalue weighted by Gasteiger charge is -2.06. The number of benzene rings is 3. The zero-order chi connectivity index (χ0) is 19.7. The molecule has 4 aromatic rings. The summed E-state index contributed by atoms with van der Waals surface area (Å²) in [7, 11) is 0. The van der Waals surface area contributed by atoms with Crippen LogP contribution < -0.4 is 0 Å². The molecule has 1 aromatic heterocycles. The van der Waals surface area contributed by atoms with Crippen molar-refractivity contribution in [1.82, 2.24) is 9.97 Å². The monoisotopic (exact) mass is 446 g/mol. The summed E-state index contributed by atoms with van der Waals surface area (Å²) in [5.41, 5.74) is 4.55. The minimum absolute atomic E-state index is 0.479. The van der Waals surface area contributed by atoms with Gasteiger partial charge in [-0.05, 0) is 29.8 Å². The van der Waals surface area contributed by atoms with Gasteiger partial charge in [0.1, 0.15) is 5.82 Å². The van der Waals surface area contributed by atoms with Crippen molar-refractivity contribution in [2.75, 3.05) is 0 Å². The molecule has 0 saturated heterocycles. The number of imidazole rings is 1. The molecule has 0 atom stereocenters. The zero-order valence-electron chi connectivity index (χ0n) is 14.5. The van der Waals surface area contributed by atoms with E-state index in [1.54, 1.807) is 12.1 Å². The molecule has 3 aromatic carbocycles. The number of halogens is 4. The number of hydrogen-bond acceptors (Lipinski definition) is 1. The molecule has 0 amide bonds. The van der Waals surface area contributed by atoms with E-state index in [2.05, 4.69) is 17.1 Å². The van der Waals surface area contributed by atoms with Crippen molar-refractivity contribution in [2.45, 2.75) is 6.42 Å². The van der Waals surface area contributed by atoms with Gasteiger partial charge in [0, 0.05) is 17.5 Å². The Morgan fingerprint density at radius 2 is 1.29 bits per heavy atom. The van der Waals surface area contributed by atoms with Gasteiger partial charge in [-0.2, -0.15) is 0 Å². The average molecular weight is 448 g/mol. The lowest BCUT2D eigenvalue weighted by molar-refractivity contribution is 1.03. The van der Waals surface area contributed by atoms with E-state index in [-0.39, 0.29) is 0 Å². The van der Waals surface area contributed by atoms with Gasteiger partial charge in [-0.1, -0.05) is 88.9 Å². The summed E-state index contributed by atoms with van der Waals surface area (Å²) >= 11 is 24.6. The van der Waals surface area contributed by atoms with E-state index in [1.165, 1.54) is 0 Å². The van der Waals surface area contributed by atoms with Crippen LogP contribution in [0.5, 0.6) is 0 Å². The molecule has 0 aliphatic rings. The van der Waals surface area contributed by atoms with E-state index in [0.717, 1.165) is 33.9 Å². The minimum Gasteiger partial charge on any atom is -0.341 e. The number of hydrogen-bond donors (Lipinski definition) is 1. The second-order valence-corrected chi connectivity index (χ2v) is 7.96. The maximum atomic E-state index is 6.24. The zero-order valence-corrected chi connectivity index (χ0v) is 17.5. The van der Waals surface area contributed by atoms with Crippen molar-refractivity contribution in [3.8, 4) is 22.5 Å². The molecule has 1 N–H and O–H groups in total. The highest BCUT2D eigenvalue weighted by Crippen LogP contribution is 2.36. The van der Waals surface area contributed by atoms with Crippen LogP contribution in [-0.2, 0) is 6.42 Å². The maximum absolute atomic E-state index is 6.24. The standard InChI is InChI=1S/C22H14Cl4N2/c23-16-8-6-14(11-18(16)25)21-22(15-7-9-17(24)19(26)12-15)28-20(27-21)10-13-4-2-1-3-5-13/h1-9,11-12H,10H2,(H,27,28). The molecule has 1 heterocycles. The van der Waals surface area contributed by atoms with Gasteiger partial charge in [0.25, 0.3) is 0 Å². The Morgan fingerprint density at radius 1 is 0.679 bits per heavy atom. The predicted molar refractivity (Wildman–Crippen MR) is 119 cm³/mol. The van der Waals surface area contributed by atoms with E-state index >= 15 is 0 Å². The summed E-state index contributed by atoms with van der Waals surface area (Å²) in [5.74, 6) is 0.841. The largest absolute Gasteiger partial charge is 0.341 e. The molecule has 0 fully saturated rings. The second-order valence-electron chi connectivity index (χ2n) is 6.33. The van der Waals surface area contributed by atoms with E-state index in [1.807, 2.05) is 42.5 Å². The van der Waals surface area contributed by atoms with E-state index in [9.17, 15) is 0 Å². The Morgan fingerprint density at radius 3 is 1.93 bits per heavy atom. The Balaban J connectivity index is 1.84. The third-order valence-corrected chi connectivity index (χ3v) is 5.85. The fourth-order valence-corrected chi connectivity index (χ4v) is 3.60. The van der Waals surface area contributed by atoms with Gasteiger partial charge in [0.05, 0.1) is 31.5 Å². The fraction of sp³-hybridized carbons (Fsp3) is 0.0455. The Bertz CT molecular complexity index is 1070. The topological polar surface area (TPSA) is 28.7 Å². The quantitative estimate of drug-likeness (QED) is 0.337. The Hall–Kier alpha value is -1.97. The first-order valence-electron chi connectivity index (χ1n) is 8.55. The molecule has 0 aliphatic carbocycles. The van der Waals surface area contributed by atoms with Gasteiger partial charge in [-0.15, -0.1) is 0 Å². The number of aromatic nitrogens is 2. The molecule has 0 saturated carbocycles. The van der Waals surface area contributed by atoms with Crippen LogP contribution >= 0.6 is 46.4 Å². The smallest absolute Gasteiger partial charge is 0.111 e. The van der Waals surface area contributed by atoms with E-state index in [0.29, 0.717) is 26.5 Å². The molecule has 6 heteroatoms. The SMILES string of the molecule is Clc1ccc(-c2nc(Cc3ccccc3)[nH]c2-c2ccc(Cl)c(Cl)c2)cc1Cl. The van der Waals surface area contributed by atoms with Crippen LogP contribution in [0.4, 0.5) is 0 Å². The molecule has 140 valence electrons. The molecule has 2 nitrogen and oxygen atoms in total. The van der Waals surface area contributed by atoms with Crippen LogP contribution in [0.1, 0.15) is 11.4 Å². The molecule has 0 unspecified atom stereocenters. The predicted octanol–water partition coefficient (Wildman–Crippen LogP) is 7.95. The van der Waals surface area contributed by atoms with Crippen molar-refractivity contribution in [2.24, 2.45) is 0 Å². The fourth-order valence-electron chi connectivity index (χ4n) is 3.01. The molecule has 0 radical (unpaired) electrons. The van der Waals surface area contributed by atoms with E-state index in [4.69, 9.17) is 51.4 Å². The van der Waals surface area contributed by atoms with Crippen molar-refractivity contribution >= 4 is 46.4 Å². The summed E-state index contributed by atoms with van der Waals surface area (Å²) in [4.78, 5) is 8.28. The minimum atomic E-state index is 0.479. The summed E-state index contributed by atoms with van der Waals surface area (Å²) in [6.07, 6.45) is 0.677. The number of rotatable bonds is 4. The van der Waals surface area contributed by atoms with Crippen molar-refractivity contribution in [1.29, 1.82) is 0 Å². The van der Waals surface area contributed by atoms with Gasteiger partial charge in [0.2, 0.25) is 0 Å². The molecular weight excluding hydrogens is 434 g/mol. The maximum Gasteiger partial charge on any atom is 0.111 e. The highest BCUT2D eigenvalue weighted by atomic mass is 35.5. The third kappa shape index (κ3) is 4.06. The average Bonchev–Trinajstić information content (AvgIpc) is 3.11. The lowest BCUT2D eigenvalue weighted by atomic mass is 10.1. The van der Waals surface area contributed by atoms with Gasteiger partial charge < -0.3 is 4.98 Å². The molecule has 28 heavy (non-hydrogen) atoms. The Kier molecular flexibility index (Phi) is 5.65. The van der Waals surface area contributed by atoms with Crippen LogP contribution in [0.15, 0.2) is 66.7 Å². The summed E-state index contributed by atoms with van der Waals surface area (Å²) < 4.78 is 0. The van der Waals surface area contributed by atoms with Crippen LogP contribution in [0.2, 0.25) is 20.1 Å². The second kappa shape index (κ2) is 8.18. The summed E-state index contributed by atoms with van der Waals surface area (Å²) in [6.45, 7) is 0. The van der Waals surface area contributed by atoms with Crippen LogP contribution in [0.25, 0.3) is 22.5 Å².